The molecule has 1 amide bonds. The van der Waals surface area contributed by atoms with Crippen molar-refractivity contribution in [2.45, 2.75) is 38.8 Å². The maximum absolute atomic E-state index is 12.4. The number of rotatable bonds is 4. The van der Waals surface area contributed by atoms with Gasteiger partial charge < -0.3 is 19.8 Å². The van der Waals surface area contributed by atoms with E-state index in [4.69, 9.17) is 9.47 Å². The third-order valence-electron chi connectivity index (χ3n) is 5.01. The Morgan fingerprint density at radius 3 is 2.96 bits per heavy atom. The van der Waals surface area contributed by atoms with Crippen molar-refractivity contribution in [3.05, 3.63) is 22.5 Å². The van der Waals surface area contributed by atoms with Gasteiger partial charge in [0.25, 0.3) is 5.91 Å². The first-order chi connectivity index (χ1) is 11.5. The molecule has 7 heteroatoms. The first-order valence-electron chi connectivity index (χ1n) is 8.42. The van der Waals surface area contributed by atoms with Crippen molar-refractivity contribution < 1.29 is 19.1 Å². The fourth-order valence-electron chi connectivity index (χ4n) is 3.69. The summed E-state index contributed by atoms with van der Waals surface area (Å²) < 4.78 is 10.6. The lowest BCUT2D eigenvalue weighted by atomic mass is 10.1. The standard InChI is InChI=1S/C17H25N3O4/c1-10-14(17(22)23-3)11(2)19-15(10)16(21)18-7-13-8-20-6-4-5-12(20)9-24-13/h12-13,19H,4-9H2,1-3H3,(H,18,21)/t12-,13+/m1/s1. The molecule has 0 spiro atoms. The zero-order chi connectivity index (χ0) is 17.3. The lowest BCUT2D eigenvalue weighted by molar-refractivity contribution is -0.0462. The highest BCUT2D eigenvalue weighted by Crippen LogP contribution is 2.22. The second-order valence-electron chi connectivity index (χ2n) is 6.57. The molecule has 2 saturated heterocycles. The zero-order valence-corrected chi connectivity index (χ0v) is 14.5. The van der Waals surface area contributed by atoms with Crippen molar-refractivity contribution in [1.29, 1.82) is 0 Å². The Morgan fingerprint density at radius 2 is 2.21 bits per heavy atom. The van der Waals surface area contributed by atoms with E-state index in [9.17, 15) is 9.59 Å². The molecular formula is C17H25N3O4. The van der Waals surface area contributed by atoms with E-state index in [0.29, 0.717) is 35.1 Å². The maximum Gasteiger partial charge on any atom is 0.339 e. The average molecular weight is 335 g/mol. The van der Waals surface area contributed by atoms with E-state index in [1.54, 1.807) is 13.8 Å². The second-order valence-corrected chi connectivity index (χ2v) is 6.57. The fourth-order valence-corrected chi connectivity index (χ4v) is 3.69. The van der Waals surface area contributed by atoms with Crippen LogP contribution >= 0.6 is 0 Å². The molecule has 2 aliphatic rings. The molecule has 0 saturated carbocycles. The van der Waals surface area contributed by atoms with Gasteiger partial charge in [0, 0.05) is 24.8 Å². The van der Waals surface area contributed by atoms with Gasteiger partial charge in [-0.05, 0) is 38.8 Å². The molecule has 0 aromatic carbocycles. The van der Waals surface area contributed by atoms with Crippen LogP contribution in [0.5, 0.6) is 0 Å². The first-order valence-corrected chi connectivity index (χ1v) is 8.42. The number of aromatic nitrogens is 1. The summed E-state index contributed by atoms with van der Waals surface area (Å²) in [7, 11) is 1.33. The van der Waals surface area contributed by atoms with Crippen molar-refractivity contribution in [2.75, 3.05) is 33.4 Å². The van der Waals surface area contributed by atoms with Crippen LogP contribution in [-0.4, -0.2) is 67.3 Å². The summed E-state index contributed by atoms with van der Waals surface area (Å²) in [6, 6.07) is 0.549. The molecule has 2 aliphatic heterocycles. The van der Waals surface area contributed by atoms with E-state index in [1.165, 1.54) is 20.0 Å². The summed E-state index contributed by atoms with van der Waals surface area (Å²) in [5, 5.41) is 2.91. The van der Waals surface area contributed by atoms with E-state index >= 15 is 0 Å². The summed E-state index contributed by atoms with van der Waals surface area (Å²) in [6.45, 7) is 6.70. The Hall–Kier alpha value is -1.86. The van der Waals surface area contributed by atoms with Crippen LogP contribution in [-0.2, 0) is 9.47 Å². The summed E-state index contributed by atoms with van der Waals surface area (Å²) in [5.74, 6) is -0.658. The quantitative estimate of drug-likeness (QED) is 0.803. The molecule has 7 nitrogen and oxygen atoms in total. The fraction of sp³-hybridized carbons (Fsp3) is 0.647. The lowest BCUT2D eigenvalue weighted by Gasteiger charge is -2.35. The third kappa shape index (κ3) is 3.18. The Bertz CT molecular complexity index is 640. The number of carbonyl (C=O) groups excluding carboxylic acids is 2. The van der Waals surface area contributed by atoms with Gasteiger partial charge in [-0.15, -0.1) is 0 Å². The molecule has 0 unspecified atom stereocenters. The molecule has 2 fully saturated rings. The normalized spacial score (nSPS) is 23.8. The number of esters is 1. The van der Waals surface area contributed by atoms with Crippen molar-refractivity contribution in [1.82, 2.24) is 15.2 Å². The Labute approximate surface area is 141 Å². The Morgan fingerprint density at radius 1 is 1.42 bits per heavy atom. The van der Waals surface area contributed by atoms with Crippen molar-refractivity contribution in [3.63, 3.8) is 0 Å². The number of H-pyrrole nitrogens is 1. The number of nitrogens with one attached hydrogen (secondary N) is 2. The highest BCUT2D eigenvalue weighted by molar-refractivity contribution is 6.00. The Balaban J connectivity index is 1.60. The number of morpholine rings is 1. The molecular weight excluding hydrogens is 310 g/mol. The predicted molar refractivity (Wildman–Crippen MR) is 88.3 cm³/mol. The summed E-state index contributed by atoms with van der Waals surface area (Å²) >= 11 is 0. The molecule has 1 aromatic heterocycles. The minimum atomic E-state index is -0.434. The SMILES string of the molecule is COC(=O)c1c(C)[nH]c(C(=O)NC[C@H]2CN3CCC[C@@H]3CO2)c1C. The number of aryl methyl sites for hydroxylation is 1. The van der Waals surface area contributed by atoms with Gasteiger partial charge in [0.2, 0.25) is 0 Å². The Kier molecular flexibility index (Phi) is 4.91. The first kappa shape index (κ1) is 17.0. The van der Waals surface area contributed by atoms with Gasteiger partial charge in [-0.1, -0.05) is 0 Å². The van der Waals surface area contributed by atoms with Crippen LogP contribution in [0.2, 0.25) is 0 Å². The van der Waals surface area contributed by atoms with E-state index in [2.05, 4.69) is 15.2 Å². The van der Waals surface area contributed by atoms with Gasteiger partial charge in [-0.3, -0.25) is 9.69 Å². The number of aromatic amines is 1. The van der Waals surface area contributed by atoms with E-state index < -0.39 is 5.97 Å². The van der Waals surface area contributed by atoms with E-state index in [0.717, 1.165) is 19.7 Å². The van der Waals surface area contributed by atoms with Gasteiger partial charge in [0.15, 0.2) is 0 Å². The van der Waals surface area contributed by atoms with Gasteiger partial charge in [-0.25, -0.2) is 4.79 Å². The summed E-state index contributed by atoms with van der Waals surface area (Å²) in [5.41, 5.74) is 2.08. The number of nitrogens with zero attached hydrogens (tertiary/aromatic N) is 1. The molecule has 2 N–H and O–H groups in total. The van der Waals surface area contributed by atoms with Gasteiger partial charge in [0.1, 0.15) is 5.69 Å². The van der Waals surface area contributed by atoms with Gasteiger partial charge in [0.05, 0.1) is 25.4 Å². The summed E-state index contributed by atoms with van der Waals surface area (Å²) in [6.07, 6.45) is 2.44. The number of fused-ring (bicyclic) bond motifs is 1. The minimum absolute atomic E-state index is 0.0137. The second kappa shape index (κ2) is 6.94. The van der Waals surface area contributed by atoms with Crippen molar-refractivity contribution in [3.8, 4) is 0 Å². The topological polar surface area (TPSA) is 83.7 Å². The predicted octanol–water partition coefficient (Wildman–Crippen LogP) is 1.01. The molecule has 1 aromatic rings. The molecule has 24 heavy (non-hydrogen) atoms. The highest BCUT2D eigenvalue weighted by atomic mass is 16.5. The van der Waals surface area contributed by atoms with Crippen molar-refractivity contribution in [2.24, 2.45) is 0 Å². The number of amides is 1. The average Bonchev–Trinajstić information content (AvgIpc) is 3.15. The van der Waals surface area contributed by atoms with Gasteiger partial charge >= 0.3 is 5.97 Å². The van der Waals surface area contributed by atoms with Crippen LogP contribution in [0.4, 0.5) is 0 Å². The number of ether oxygens (including phenoxy) is 2. The van der Waals surface area contributed by atoms with Crippen LogP contribution in [0, 0.1) is 13.8 Å². The highest BCUT2D eigenvalue weighted by Gasteiger charge is 2.32. The maximum atomic E-state index is 12.4. The van der Waals surface area contributed by atoms with Crippen LogP contribution in [0.25, 0.3) is 0 Å². The lowest BCUT2D eigenvalue weighted by Crippen LogP contribution is -2.50. The minimum Gasteiger partial charge on any atom is -0.465 e. The molecule has 3 rings (SSSR count). The number of methoxy groups -OCH3 is 1. The largest absolute Gasteiger partial charge is 0.465 e. The smallest absolute Gasteiger partial charge is 0.339 e. The molecule has 0 aliphatic carbocycles. The van der Waals surface area contributed by atoms with Gasteiger partial charge in [-0.2, -0.15) is 0 Å². The van der Waals surface area contributed by atoms with Crippen LogP contribution in [0.1, 0.15) is 44.9 Å². The molecule has 0 radical (unpaired) electrons. The molecule has 0 bridgehead atoms. The van der Waals surface area contributed by atoms with E-state index in [-0.39, 0.29) is 12.0 Å². The summed E-state index contributed by atoms with van der Waals surface area (Å²) in [4.78, 5) is 29.7. The molecule has 132 valence electrons. The van der Waals surface area contributed by atoms with Crippen LogP contribution in [0.3, 0.4) is 0 Å². The monoisotopic (exact) mass is 335 g/mol. The number of hydrogen-bond donors (Lipinski definition) is 2. The number of carbonyl (C=O) groups is 2. The van der Waals surface area contributed by atoms with E-state index in [1.807, 2.05) is 0 Å². The van der Waals surface area contributed by atoms with Crippen molar-refractivity contribution >= 4 is 11.9 Å². The molecule has 2 atom stereocenters. The number of hydrogen-bond acceptors (Lipinski definition) is 5. The van der Waals surface area contributed by atoms with Crippen LogP contribution < -0.4 is 5.32 Å². The molecule has 3 heterocycles. The third-order valence-corrected chi connectivity index (χ3v) is 5.01. The zero-order valence-electron chi connectivity index (χ0n) is 14.5. The van der Waals surface area contributed by atoms with Crippen LogP contribution in [0.15, 0.2) is 0 Å².